The van der Waals surface area contributed by atoms with Gasteiger partial charge in [-0.15, -0.1) is 0 Å². The van der Waals surface area contributed by atoms with Gasteiger partial charge >= 0.3 is 0 Å². The van der Waals surface area contributed by atoms with Crippen LogP contribution < -0.4 is 24.1 Å². The molecule has 0 saturated heterocycles. The molecular weight excluding hydrogens is 416 g/mol. The number of hydrogen-bond donors (Lipinski definition) is 1. The van der Waals surface area contributed by atoms with Gasteiger partial charge in [-0.1, -0.05) is 51.9 Å². The van der Waals surface area contributed by atoms with E-state index in [4.69, 9.17) is 14.2 Å². The van der Waals surface area contributed by atoms with E-state index in [0.29, 0.717) is 30.4 Å². The molecule has 0 aliphatic carbocycles. The molecular formula is C27H41N2O4+. The average Bonchev–Trinajstić information content (AvgIpc) is 2.82. The second-order valence-corrected chi connectivity index (χ2v) is 8.40. The van der Waals surface area contributed by atoms with Crippen LogP contribution >= 0.6 is 0 Å². The van der Waals surface area contributed by atoms with Crippen LogP contribution in [0.4, 0.5) is 0 Å². The summed E-state index contributed by atoms with van der Waals surface area (Å²) in [6.45, 7) is 3.45. The lowest BCUT2D eigenvalue weighted by atomic mass is 10.1. The van der Waals surface area contributed by atoms with Crippen LogP contribution in [0.1, 0.15) is 63.9 Å². The Hall–Kier alpha value is -2.76. The summed E-state index contributed by atoms with van der Waals surface area (Å²) in [4.78, 5) is 12.1. The lowest BCUT2D eigenvalue weighted by molar-refractivity contribution is -0.671. The van der Waals surface area contributed by atoms with Gasteiger partial charge in [0.05, 0.1) is 13.7 Å². The first kappa shape index (κ1) is 26.5. The third-order valence-corrected chi connectivity index (χ3v) is 5.50. The maximum Gasteiger partial charge on any atom is 0.257 e. The van der Waals surface area contributed by atoms with E-state index in [2.05, 4.69) is 12.2 Å². The summed E-state index contributed by atoms with van der Waals surface area (Å²) in [5, 5.41) is 2.89. The molecule has 182 valence electrons. The number of methoxy groups -OCH3 is 1. The summed E-state index contributed by atoms with van der Waals surface area (Å²) in [6.07, 6.45) is 15.0. The van der Waals surface area contributed by atoms with Crippen molar-refractivity contribution in [3.05, 3.63) is 48.3 Å². The summed E-state index contributed by atoms with van der Waals surface area (Å²) >= 11 is 0. The lowest BCUT2D eigenvalue weighted by Gasteiger charge is -2.13. The van der Waals surface area contributed by atoms with Crippen LogP contribution in [0.3, 0.4) is 0 Å². The Morgan fingerprint density at radius 3 is 2.45 bits per heavy atom. The fourth-order valence-corrected chi connectivity index (χ4v) is 3.62. The van der Waals surface area contributed by atoms with E-state index in [1.807, 2.05) is 48.3 Å². The highest BCUT2D eigenvalue weighted by molar-refractivity contribution is 5.77. The zero-order valence-corrected chi connectivity index (χ0v) is 20.6. The number of rotatable bonds is 17. The Morgan fingerprint density at radius 1 is 0.970 bits per heavy atom. The Kier molecular flexibility index (Phi) is 12.8. The molecule has 0 aliphatic rings. The summed E-state index contributed by atoms with van der Waals surface area (Å²) in [6, 6.07) is 9.46. The number of unbranched alkanes of at least 4 members (excludes halogenated alkanes) is 7. The molecule has 2 aromatic rings. The number of amides is 1. The Morgan fingerprint density at radius 2 is 1.73 bits per heavy atom. The summed E-state index contributed by atoms with van der Waals surface area (Å²) in [7, 11) is 3.59. The van der Waals surface area contributed by atoms with Crippen LogP contribution in [0.5, 0.6) is 17.2 Å². The molecule has 1 amide bonds. The maximum atomic E-state index is 12.1. The standard InChI is InChI=1S/C27H40N2O4/c1-4-5-6-7-8-9-10-11-19-32-25-15-14-24(20-26(25)31-3)33-22-27(30)28-17-16-23-13-12-18-29(2)21-23/h12-15,18,20-21H,4-11,16-17,19,22H2,1-3H3/p+1. The molecule has 0 radical (unpaired) electrons. The number of carbonyl (C=O) groups excluding carboxylic acids is 1. The number of carbonyl (C=O) groups is 1. The molecule has 0 spiro atoms. The normalized spacial score (nSPS) is 10.6. The van der Waals surface area contributed by atoms with Gasteiger partial charge in [0, 0.05) is 24.2 Å². The van der Waals surface area contributed by atoms with Crippen molar-refractivity contribution in [1.29, 1.82) is 0 Å². The van der Waals surface area contributed by atoms with Gasteiger partial charge in [-0.2, -0.15) is 0 Å². The van der Waals surface area contributed by atoms with Crippen LogP contribution in [0.25, 0.3) is 0 Å². The minimum absolute atomic E-state index is 0.0375. The van der Waals surface area contributed by atoms with Gasteiger partial charge in [0.15, 0.2) is 30.5 Å². The molecule has 1 aromatic carbocycles. The van der Waals surface area contributed by atoms with Crippen molar-refractivity contribution in [1.82, 2.24) is 5.32 Å². The number of pyridine rings is 1. The number of hydrogen-bond acceptors (Lipinski definition) is 4. The van der Waals surface area contributed by atoms with Crippen LogP contribution in [0, 0.1) is 0 Å². The summed E-state index contributed by atoms with van der Waals surface area (Å²) in [5.41, 5.74) is 1.17. The second kappa shape index (κ2) is 15.9. The lowest BCUT2D eigenvalue weighted by Crippen LogP contribution is -2.31. The van der Waals surface area contributed by atoms with E-state index in [-0.39, 0.29) is 12.5 Å². The molecule has 2 rings (SSSR count). The molecule has 0 aliphatic heterocycles. The van der Waals surface area contributed by atoms with Gasteiger partial charge in [0.25, 0.3) is 5.91 Å². The third kappa shape index (κ3) is 11.1. The van der Waals surface area contributed by atoms with E-state index in [1.165, 1.54) is 50.5 Å². The largest absolute Gasteiger partial charge is 0.493 e. The molecule has 0 saturated carbocycles. The molecule has 6 heteroatoms. The highest BCUT2D eigenvalue weighted by Crippen LogP contribution is 2.31. The Balaban J connectivity index is 1.64. The molecule has 0 bridgehead atoms. The number of nitrogens with zero attached hydrogens (tertiary/aromatic N) is 1. The molecule has 6 nitrogen and oxygen atoms in total. The van der Waals surface area contributed by atoms with Crippen molar-refractivity contribution >= 4 is 5.91 Å². The highest BCUT2D eigenvalue weighted by Gasteiger charge is 2.09. The fourth-order valence-electron chi connectivity index (χ4n) is 3.62. The van der Waals surface area contributed by atoms with E-state index >= 15 is 0 Å². The van der Waals surface area contributed by atoms with Gasteiger partial charge in [-0.3, -0.25) is 4.79 Å². The van der Waals surface area contributed by atoms with Crippen molar-refractivity contribution < 1.29 is 23.6 Å². The van der Waals surface area contributed by atoms with Gasteiger partial charge < -0.3 is 19.5 Å². The van der Waals surface area contributed by atoms with Crippen molar-refractivity contribution in [2.75, 3.05) is 26.9 Å². The van der Waals surface area contributed by atoms with Gasteiger partial charge in [-0.05, 0) is 31.0 Å². The van der Waals surface area contributed by atoms with Crippen molar-refractivity contribution in [3.8, 4) is 17.2 Å². The first-order valence-corrected chi connectivity index (χ1v) is 12.3. The molecule has 1 heterocycles. The molecule has 0 fully saturated rings. The monoisotopic (exact) mass is 457 g/mol. The van der Waals surface area contributed by atoms with E-state index in [9.17, 15) is 4.79 Å². The van der Waals surface area contributed by atoms with Crippen molar-refractivity contribution in [2.24, 2.45) is 7.05 Å². The van der Waals surface area contributed by atoms with E-state index in [0.717, 1.165) is 12.8 Å². The Bertz CT molecular complexity index is 826. The second-order valence-electron chi connectivity index (χ2n) is 8.40. The number of benzene rings is 1. The smallest absolute Gasteiger partial charge is 0.257 e. The zero-order chi connectivity index (χ0) is 23.7. The number of aryl methyl sites for hydroxylation is 1. The van der Waals surface area contributed by atoms with E-state index in [1.54, 1.807) is 13.2 Å². The van der Waals surface area contributed by atoms with Crippen molar-refractivity contribution in [2.45, 2.75) is 64.7 Å². The number of ether oxygens (including phenoxy) is 3. The van der Waals surface area contributed by atoms with Gasteiger partial charge in [0.2, 0.25) is 0 Å². The van der Waals surface area contributed by atoms with Crippen LogP contribution in [-0.4, -0.2) is 32.8 Å². The van der Waals surface area contributed by atoms with Crippen LogP contribution in [0.2, 0.25) is 0 Å². The van der Waals surface area contributed by atoms with E-state index < -0.39 is 0 Å². The first-order valence-electron chi connectivity index (χ1n) is 12.3. The quantitative estimate of drug-likeness (QED) is 0.274. The first-order chi connectivity index (χ1) is 16.1. The average molecular weight is 458 g/mol. The SMILES string of the molecule is CCCCCCCCCCOc1ccc(OCC(=O)NCCc2ccc[n+](C)c2)cc1OC. The maximum absolute atomic E-state index is 12.1. The zero-order valence-electron chi connectivity index (χ0n) is 20.6. The van der Waals surface area contributed by atoms with Crippen LogP contribution in [-0.2, 0) is 18.3 Å². The minimum atomic E-state index is -0.149. The third-order valence-electron chi connectivity index (χ3n) is 5.50. The van der Waals surface area contributed by atoms with Gasteiger partial charge in [-0.25, -0.2) is 4.57 Å². The fraction of sp³-hybridized carbons (Fsp3) is 0.556. The van der Waals surface area contributed by atoms with Crippen molar-refractivity contribution in [3.63, 3.8) is 0 Å². The van der Waals surface area contributed by atoms with Crippen LogP contribution in [0.15, 0.2) is 42.7 Å². The summed E-state index contributed by atoms with van der Waals surface area (Å²) in [5.74, 6) is 1.75. The van der Waals surface area contributed by atoms with Gasteiger partial charge in [0.1, 0.15) is 12.8 Å². The summed E-state index contributed by atoms with van der Waals surface area (Å²) < 4.78 is 19.0. The topological polar surface area (TPSA) is 60.7 Å². The molecule has 33 heavy (non-hydrogen) atoms. The Labute approximate surface area is 199 Å². The number of aromatic nitrogens is 1. The minimum Gasteiger partial charge on any atom is -0.493 e. The number of nitrogens with one attached hydrogen (secondary N) is 1. The molecule has 0 unspecified atom stereocenters. The highest BCUT2D eigenvalue weighted by atomic mass is 16.5. The predicted octanol–water partition coefficient (Wildman–Crippen LogP) is 4.78. The predicted molar refractivity (Wildman–Crippen MR) is 131 cm³/mol. The molecule has 1 N–H and O–H groups in total. The molecule has 1 aromatic heterocycles. The molecule has 0 atom stereocenters.